The molecule has 18 heavy (non-hydrogen) atoms. The predicted octanol–water partition coefficient (Wildman–Crippen LogP) is 1.78. The Morgan fingerprint density at radius 3 is 2.44 bits per heavy atom. The van der Waals surface area contributed by atoms with E-state index in [1.807, 2.05) is 0 Å². The van der Waals surface area contributed by atoms with Gasteiger partial charge >= 0.3 is 0 Å². The van der Waals surface area contributed by atoms with Crippen molar-refractivity contribution in [2.24, 2.45) is 11.7 Å². The van der Waals surface area contributed by atoms with Gasteiger partial charge in [-0.2, -0.15) is 0 Å². The molecule has 2 rings (SSSR count). The largest absolute Gasteiger partial charge is 0.327 e. The van der Waals surface area contributed by atoms with Gasteiger partial charge in [-0.15, -0.1) is 0 Å². The highest BCUT2D eigenvalue weighted by Gasteiger charge is 2.30. The van der Waals surface area contributed by atoms with Crippen molar-refractivity contribution in [2.75, 3.05) is 0 Å². The summed E-state index contributed by atoms with van der Waals surface area (Å²) in [5.41, 5.74) is 5.89. The van der Waals surface area contributed by atoms with Crippen molar-refractivity contribution in [2.45, 2.75) is 25.3 Å². The third-order valence-electron chi connectivity index (χ3n) is 3.16. The zero-order valence-corrected chi connectivity index (χ0v) is 9.61. The molecule has 0 aliphatic heterocycles. The lowest BCUT2D eigenvalue weighted by atomic mass is 10.0. The van der Waals surface area contributed by atoms with Gasteiger partial charge in [0, 0.05) is 17.7 Å². The van der Waals surface area contributed by atoms with Gasteiger partial charge in [-0.1, -0.05) is 0 Å². The highest BCUT2D eigenvalue weighted by molar-refractivity contribution is 5.49. The average Bonchev–Trinajstić information content (AvgIpc) is 3.12. The van der Waals surface area contributed by atoms with Crippen molar-refractivity contribution in [3.63, 3.8) is 0 Å². The van der Waals surface area contributed by atoms with Crippen molar-refractivity contribution in [1.82, 2.24) is 0 Å². The van der Waals surface area contributed by atoms with Crippen molar-refractivity contribution in [3.05, 3.63) is 44.0 Å². The van der Waals surface area contributed by atoms with Gasteiger partial charge in [-0.05, 0) is 31.2 Å². The molecule has 7 nitrogen and oxygen atoms in total. The minimum absolute atomic E-state index is 0.106. The first-order valence-corrected chi connectivity index (χ1v) is 5.66. The van der Waals surface area contributed by atoms with E-state index in [-0.39, 0.29) is 17.4 Å². The molecule has 2 N–H and O–H groups in total. The SMILES string of the molecule is NC(Cc1ccc([N+](=O)[O-])cc1[N+](=O)[O-])C1CC1. The number of nitrogens with two attached hydrogens (primary N) is 1. The summed E-state index contributed by atoms with van der Waals surface area (Å²) < 4.78 is 0. The molecule has 7 heteroatoms. The van der Waals surface area contributed by atoms with Crippen LogP contribution in [-0.4, -0.2) is 15.9 Å². The van der Waals surface area contributed by atoms with Crippen LogP contribution in [0.15, 0.2) is 18.2 Å². The van der Waals surface area contributed by atoms with Gasteiger partial charge in [-0.3, -0.25) is 20.2 Å². The molecular weight excluding hydrogens is 238 g/mol. The van der Waals surface area contributed by atoms with E-state index < -0.39 is 9.85 Å². The Bertz CT molecular complexity index is 499. The number of non-ortho nitro benzene ring substituents is 1. The van der Waals surface area contributed by atoms with Crippen LogP contribution in [0.3, 0.4) is 0 Å². The summed E-state index contributed by atoms with van der Waals surface area (Å²) in [6, 6.07) is 3.60. The molecule has 0 saturated heterocycles. The minimum Gasteiger partial charge on any atom is -0.327 e. The van der Waals surface area contributed by atoms with Crippen LogP contribution in [0.2, 0.25) is 0 Å². The molecule has 1 aromatic rings. The van der Waals surface area contributed by atoms with Crippen LogP contribution in [0.1, 0.15) is 18.4 Å². The second kappa shape index (κ2) is 4.69. The Labute approximate surface area is 103 Å². The first-order chi connectivity index (χ1) is 8.49. The summed E-state index contributed by atoms with van der Waals surface area (Å²) >= 11 is 0. The second-order valence-electron chi connectivity index (χ2n) is 4.53. The molecule has 1 atom stereocenters. The Morgan fingerprint density at radius 1 is 1.28 bits per heavy atom. The number of nitro benzene ring substituents is 2. The average molecular weight is 251 g/mol. The molecule has 1 saturated carbocycles. The fourth-order valence-corrected chi connectivity index (χ4v) is 1.95. The number of benzene rings is 1. The van der Waals surface area contributed by atoms with Gasteiger partial charge in [0.1, 0.15) is 0 Å². The number of rotatable bonds is 5. The predicted molar refractivity (Wildman–Crippen MR) is 64.2 cm³/mol. The van der Waals surface area contributed by atoms with E-state index in [9.17, 15) is 20.2 Å². The molecule has 1 aromatic carbocycles. The summed E-state index contributed by atoms with van der Waals surface area (Å²) in [7, 11) is 0. The van der Waals surface area contributed by atoms with Crippen LogP contribution in [0.4, 0.5) is 11.4 Å². The molecule has 0 aromatic heterocycles. The summed E-state index contributed by atoms with van der Waals surface area (Å²) in [5.74, 6) is 0.430. The highest BCUT2D eigenvalue weighted by Crippen LogP contribution is 2.34. The van der Waals surface area contributed by atoms with E-state index in [1.54, 1.807) is 0 Å². The molecule has 1 aliphatic carbocycles. The fraction of sp³-hybridized carbons (Fsp3) is 0.455. The number of nitrogens with zero attached hydrogens (tertiary/aromatic N) is 2. The summed E-state index contributed by atoms with van der Waals surface area (Å²) in [5, 5.41) is 21.5. The zero-order chi connectivity index (χ0) is 13.3. The van der Waals surface area contributed by atoms with Crippen LogP contribution in [0.25, 0.3) is 0 Å². The highest BCUT2D eigenvalue weighted by atomic mass is 16.6. The third-order valence-corrected chi connectivity index (χ3v) is 3.16. The van der Waals surface area contributed by atoms with Crippen molar-refractivity contribution >= 4 is 11.4 Å². The van der Waals surface area contributed by atoms with Gasteiger partial charge in [-0.25, -0.2) is 0 Å². The van der Waals surface area contributed by atoms with E-state index in [4.69, 9.17) is 5.73 Å². The lowest BCUT2D eigenvalue weighted by Crippen LogP contribution is -2.25. The normalized spacial score (nSPS) is 16.3. The molecule has 1 unspecified atom stereocenters. The maximum atomic E-state index is 10.9. The first kappa shape index (κ1) is 12.4. The summed E-state index contributed by atoms with van der Waals surface area (Å²) in [6.45, 7) is 0. The molecule has 1 aliphatic rings. The van der Waals surface area contributed by atoms with Crippen LogP contribution >= 0.6 is 0 Å². The van der Waals surface area contributed by atoms with E-state index in [2.05, 4.69) is 0 Å². The molecule has 0 spiro atoms. The number of nitro groups is 2. The molecule has 0 radical (unpaired) electrons. The Hall–Kier alpha value is -2.02. The van der Waals surface area contributed by atoms with E-state index in [0.717, 1.165) is 18.9 Å². The summed E-state index contributed by atoms with van der Waals surface area (Å²) in [4.78, 5) is 20.3. The van der Waals surface area contributed by atoms with Crippen LogP contribution < -0.4 is 5.73 Å². The lowest BCUT2D eigenvalue weighted by Gasteiger charge is -2.10. The quantitative estimate of drug-likeness (QED) is 0.633. The second-order valence-corrected chi connectivity index (χ2v) is 4.53. The Kier molecular flexibility index (Phi) is 3.24. The van der Waals surface area contributed by atoms with Crippen LogP contribution in [0.5, 0.6) is 0 Å². The van der Waals surface area contributed by atoms with Gasteiger partial charge < -0.3 is 5.73 Å². The smallest absolute Gasteiger partial charge is 0.279 e. The first-order valence-electron chi connectivity index (χ1n) is 5.66. The van der Waals surface area contributed by atoms with Gasteiger partial charge in [0.2, 0.25) is 0 Å². The van der Waals surface area contributed by atoms with Gasteiger partial charge in [0.25, 0.3) is 11.4 Å². The fourth-order valence-electron chi connectivity index (χ4n) is 1.95. The van der Waals surface area contributed by atoms with Crippen molar-refractivity contribution < 1.29 is 9.85 Å². The minimum atomic E-state index is -0.641. The van der Waals surface area contributed by atoms with Gasteiger partial charge in [0.15, 0.2) is 0 Å². The third kappa shape index (κ3) is 2.62. The molecule has 0 heterocycles. The maximum Gasteiger partial charge on any atom is 0.279 e. The van der Waals surface area contributed by atoms with E-state index in [1.165, 1.54) is 12.1 Å². The zero-order valence-electron chi connectivity index (χ0n) is 9.61. The molecule has 0 amide bonds. The maximum absolute atomic E-state index is 10.9. The van der Waals surface area contributed by atoms with E-state index >= 15 is 0 Å². The topological polar surface area (TPSA) is 112 Å². The molecule has 0 bridgehead atoms. The van der Waals surface area contributed by atoms with Crippen LogP contribution in [-0.2, 0) is 6.42 Å². The van der Waals surface area contributed by atoms with Gasteiger partial charge in [0.05, 0.1) is 15.9 Å². The number of hydrogen-bond acceptors (Lipinski definition) is 5. The van der Waals surface area contributed by atoms with Crippen molar-refractivity contribution in [3.8, 4) is 0 Å². The molecule has 1 fully saturated rings. The standard InChI is InChI=1S/C11H13N3O4/c12-10(7-1-2-7)5-8-3-4-9(13(15)16)6-11(8)14(17)18/h3-4,6-7,10H,1-2,5,12H2. The van der Waals surface area contributed by atoms with Crippen molar-refractivity contribution in [1.29, 1.82) is 0 Å². The Morgan fingerprint density at radius 2 is 1.94 bits per heavy atom. The molecular formula is C11H13N3O4. The Balaban J connectivity index is 2.27. The monoisotopic (exact) mass is 251 g/mol. The molecule has 96 valence electrons. The lowest BCUT2D eigenvalue weighted by molar-refractivity contribution is -0.394. The van der Waals surface area contributed by atoms with Crippen LogP contribution in [0, 0.1) is 26.1 Å². The summed E-state index contributed by atoms with van der Waals surface area (Å²) in [6.07, 6.45) is 2.50. The number of hydrogen-bond donors (Lipinski definition) is 1. The van der Waals surface area contributed by atoms with E-state index in [0.29, 0.717) is 17.9 Å².